The Labute approximate surface area is 146 Å². The van der Waals surface area contributed by atoms with E-state index in [4.69, 9.17) is 4.55 Å². The zero-order valence-electron chi connectivity index (χ0n) is 13.6. The van der Waals surface area contributed by atoms with E-state index in [1.807, 2.05) is 0 Å². The molecule has 0 radical (unpaired) electrons. The molecule has 1 aromatic carbocycles. The standard InChI is InChI=1S/C15H24O3S.Na.H/c1-2-3-4-5-6-7-8-9-14-10-12-15(13-11-14)19(16,17)18;;/h10-13H,2-9H2,1H3,(H,16,17,18);;/q;+1;-1. The quantitative estimate of drug-likeness (QED) is 0.425. The van der Waals surface area contributed by atoms with Crippen LogP contribution >= 0.6 is 0 Å². The van der Waals surface area contributed by atoms with Gasteiger partial charge in [-0.25, -0.2) is 0 Å². The number of hydrogen-bond donors (Lipinski definition) is 1. The second kappa shape index (κ2) is 10.8. The number of unbranched alkanes of at least 4 members (excludes halogenated alkanes) is 6. The fourth-order valence-electron chi connectivity index (χ4n) is 2.11. The van der Waals surface area contributed by atoms with E-state index >= 15 is 0 Å². The van der Waals surface area contributed by atoms with Crippen molar-refractivity contribution in [2.24, 2.45) is 0 Å². The van der Waals surface area contributed by atoms with Crippen molar-refractivity contribution < 1.29 is 44.0 Å². The van der Waals surface area contributed by atoms with E-state index in [9.17, 15) is 8.42 Å². The van der Waals surface area contributed by atoms with Gasteiger partial charge in [-0.3, -0.25) is 4.55 Å². The molecule has 0 aromatic heterocycles. The van der Waals surface area contributed by atoms with E-state index in [-0.39, 0.29) is 35.9 Å². The minimum Gasteiger partial charge on any atom is -1.00 e. The molecule has 0 unspecified atom stereocenters. The molecule has 0 bridgehead atoms. The molecule has 0 atom stereocenters. The van der Waals surface area contributed by atoms with Gasteiger partial charge in [0.15, 0.2) is 0 Å². The zero-order valence-corrected chi connectivity index (χ0v) is 15.5. The Kier molecular flexibility index (Phi) is 10.9. The van der Waals surface area contributed by atoms with Crippen LogP contribution in [0.2, 0.25) is 0 Å². The minimum absolute atomic E-state index is 0. The topological polar surface area (TPSA) is 54.4 Å². The summed E-state index contributed by atoms with van der Waals surface area (Å²) in [5.74, 6) is 0. The van der Waals surface area contributed by atoms with Crippen molar-refractivity contribution in [2.45, 2.75) is 63.2 Å². The molecule has 0 fully saturated rings. The third-order valence-corrected chi connectivity index (χ3v) is 4.16. The van der Waals surface area contributed by atoms with Gasteiger partial charge in [-0.05, 0) is 30.5 Å². The Morgan fingerprint density at radius 3 is 1.95 bits per heavy atom. The Hall–Kier alpha value is 0.130. The third-order valence-electron chi connectivity index (χ3n) is 3.29. The van der Waals surface area contributed by atoms with Crippen LogP contribution in [0.3, 0.4) is 0 Å². The van der Waals surface area contributed by atoms with Crippen molar-refractivity contribution in [1.29, 1.82) is 0 Å². The van der Waals surface area contributed by atoms with E-state index in [2.05, 4.69) is 6.92 Å². The first-order valence-electron chi connectivity index (χ1n) is 7.10. The normalized spacial score (nSPS) is 11.1. The largest absolute Gasteiger partial charge is 1.00 e. The molecule has 110 valence electrons. The van der Waals surface area contributed by atoms with Gasteiger partial charge in [-0.15, -0.1) is 0 Å². The monoisotopic (exact) mass is 308 g/mol. The Balaban J connectivity index is 0. The SMILES string of the molecule is CCCCCCCCCc1ccc(S(=O)(=O)O)cc1.[H-].[Na+]. The summed E-state index contributed by atoms with van der Waals surface area (Å²) in [6.07, 6.45) is 9.87. The maximum absolute atomic E-state index is 10.9. The van der Waals surface area contributed by atoms with Crippen LogP contribution in [0.4, 0.5) is 0 Å². The van der Waals surface area contributed by atoms with Gasteiger partial charge in [0, 0.05) is 0 Å². The van der Waals surface area contributed by atoms with E-state index in [1.54, 1.807) is 12.1 Å². The molecule has 0 spiro atoms. The molecule has 20 heavy (non-hydrogen) atoms. The van der Waals surface area contributed by atoms with Gasteiger partial charge in [0.1, 0.15) is 0 Å². The second-order valence-electron chi connectivity index (χ2n) is 4.99. The number of aryl methyl sites for hydroxylation is 1. The van der Waals surface area contributed by atoms with E-state index < -0.39 is 10.1 Å². The molecule has 5 heteroatoms. The molecule has 1 aromatic rings. The van der Waals surface area contributed by atoms with E-state index in [0.717, 1.165) is 18.4 Å². The summed E-state index contributed by atoms with van der Waals surface area (Å²) in [5.41, 5.74) is 1.13. The molecule has 1 rings (SSSR count). The molecule has 0 saturated heterocycles. The van der Waals surface area contributed by atoms with Crippen molar-refractivity contribution in [1.82, 2.24) is 0 Å². The number of rotatable bonds is 9. The van der Waals surface area contributed by atoms with Crippen LogP contribution in [0.15, 0.2) is 29.2 Å². The summed E-state index contributed by atoms with van der Waals surface area (Å²) < 4.78 is 30.6. The Bertz CT molecular complexity index is 460. The first-order chi connectivity index (χ1) is 9.04. The average Bonchev–Trinajstić information content (AvgIpc) is 2.37. The Morgan fingerprint density at radius 2 is 1.45 bits per heavy atom. The third kappa shape index (κ3) is 8.42. The van der Waals surface area contributed by atoms with Crippen LogP contribution < -0.4 is 29.6 Å². The second-order valence-corrected chi connectivity index (χ2v) is 6.41. The first-order valence-corrected chi connectivity index (χ1v) is 8.54. The van der Waals surface area contributed by atoms with Crippen molar-refractivity contribution in [3.8, 4) is 0 Å². The predicted molar refractivity (Wildman–Crippen MR) is 79.1 cm³/mol. The van der Waals surface area contributed by atoms with Crippen molar-refractivity contribution in [3.63, 3.8) is 0 Å². The molecule has 0 aliphatic heterocycles. The summed E-state index contributed by atoms with van der Waals surface area (Å²) >= 11 is 0. The van der Waals surface area contributed by atoms with Gasteiger partial charge in [-0.2, -0.15) is 8.42 Å². The summed E-state index contributed by atoms with van der Waals surface area (Å²) in [4.78, 5) is -0.0317. The fraction of sp³-hybridized carbons (Fsp3) is 0.600. The molecule has 0 heterocycles. The van der Waals surface area contributed by atoms with Crippen molar-refractivity contribution in [3.05, 3.63) is 29.8 Å². The van der Waals surface area contributed by atoms with Crippen LogP contribution in [-0.2, 0) is 16.5 Å². The van der Waals surface area contributed by atoms with E-state index in [0.29, 0.717) is 0 Å². The molecule has 0 aliphatic carbocycles. The first kappa shape index (κ1) is 20.1. The summed E-state index contributed by atoms with van der Waals surface area (Å²) in [6, 6.07) is 6.48. The summed E-state index contributed by atoms with van der Waals surface area (Å²) in [7, 11) is -4.06. The van der Waals surface area contributed by atoms with Gasteiger partial charge in [0.05, 0.1) is 4.90 Å². The average molecular weight is 308 g/mol. The zero-order chi connectivity index (χ0) is 14.1. The maximum atomic E-state index is 10.9. The summed E-state index contributed by atoms with van der Waals surface area (Å²) in [6.45, 7) is 2.22. The van der Waals surface area contributed by atoms with Crippen LogP contribution in [0.25, 0.3) is 0 Å². The van der Waals surface area contributed by atoms with Crippen molar-refractivity contribution in [2.75, 3.05) is 0 Å². The maximum Gasteiger partial charge on any atom is 1.00 e. The van der Waals surface area contributed by atoms with Crippen molar-refractivity contribution >= 4 is 10.1 Å². The number of hydrogen-bond acceptors (Lipinski definition) is 2. The fourth-order valence-corrected chi connectivity index (χ4v) is 2.59. The Morgan fingerprint density at radius 1 is 0.950 bits per heavy atom. The van der Waals surface area contributed by atoms with Gasteiger partial charge >= 0.3 is 29.6 Å². The van der Waals surface area contributed by atoms with Crippen LogP contribution in [0.1, 0.15) is 58.9 Å². The van der Waals surface area contributed by atoms with Gasteiger partial charge in [-0.1, -0.05) is 57.6 Å². The van der Waals surface area contributed by atoms with Crippen LogP contribution in [0.5, 0.6) is 0 Å². The molecule has 0 amide bonds. The molecular formula is C15H25NaO3S. The minimum atomic E-state index is -4.06. The molecule has 0 aliphatic rings. The van der Waals surface area contributed by atoms with Crippen LogP contribution in [0, 0.1) is 0 Å². The van der Waals surface area contributed by atoms with E-state index in [1.165, 1.54) is 50.7 Å². The summed E-state index contributed by atoms with van der Waals surface area (Å²) in [5, 5.41) is 0. The smallest absolute Gasteiger partial charge is 1.00 e. The molecular weight excluding hydrogens is 283 g/mol. The molecule has 1 N–H and O–H groups in total. The molecule has 3 nitrogen and oxygen atoms in total. The van der Waals surface area contributed by atoms with Crippen LogP contribution in [-0.4, -0.2) is 13.0 Å². The number of benzene rings is 1. The van der Waals surface area contributed by atoms with Gasteiger partial charge in [0.25, 0.3) is 10.1 Å². The van der Waals surface area contributed by atoms with Gasteiger partial charge in [0.2, 0.25) is 0 Å². The molecule has 0 saturated carbocycles. The van der Waals surface area contributed by atoms with Gasteiger partial charge < -0.3 is 1.43 Å². The predicted octanol–water partition coefficient (Wildman–Crippen LogP) is 1.34.